The van der Waals surface area contributed by atoms with Gasteiger partial charge in [-0.1, -0.05) is 12.1 Å². The second kappa shape index (κ2) is 8.06. The van der Waals surface area contributed by atoms with E-state index < -0.39 is 6.10 Å². The molecule has 1 N–H and O–H groups in total. The second-order valence-electron chi connectivity index (χ2n) is 6.61. The molecule has 0 spiro atoms. The molecule has 1 aliphatic rings. The standard InChI is InChI=1S/C21H25NO3/c1-15-6-5-9-20(14-15)24-16(2)21(23)22-17-10-12-19(13-11-17)25-18-7-3-4-8-18/h5-6,9-14,16,18H,3-4,7-8H2,1-2H3,(H,22,23)/t16-/m0/s1. The van der Waals surface area contributed by atoms with E-state index in [1.54, 1.807) is 6.92 Å². The van der Waals surface area contributed by atoms with Gasteiger partial charge in [-0.2, -0.15) is 0 Å². The number of carbonyl (C=O) groups is 1. The SMILES string of the molecule is Cc1cccc(O[C@@H](C)C(=O)Nc2ccc(OC3CCCC3)cc2)c1. The minimum Gasteiger partial charge on any atom is -0.490 e. The van der Waals surface area contributed by atoms with Gasteiger partial charge in [-0.05, 0) is 81.5 Å². The van der Waals surface area contributed by atoms with Gasteiger partial charge in [0.25, 0.3) is 5.91 Å². The second-order valence-corrected chi connectivity index (χ2v) is 6.61. The summed E-state index contributed by atoms with van der Waals surface area (Å²) in [6, 6.07) is 15.2. The Morgan fingerprint density at radius 2 is 1.80 bits per heavy atom. The molecule has 0 radical (unpaired) electrons. The van der Waals surface area contributed by atoms with Crippen LogP contribution in [0.4, 0.5) is 5.69 Å². The summed E-state index contributed by atoms with van der Waals surface area (Å²) in [6.45, 7) is 3.74. The van der Waals surface area contributed by atoms with Gasteiger partial charge in [-0.15, -0.1) is 0 Å². The first kappa shape index (κ1) is 17.3. The van der Waals surface area contributed by atoms with E-state index >= 15 is 0 Å². The van der Waals surface area contributed by atoms with E-state index in [0.29, 0.717) is 11.9 Å². The summed E-state index contributed by atoms with van der Waals surface area (Å²) >= 11 is 0. The highest BCUT2D eigenvalue weighted by atomic mass is 16.5. The van der Waals surface area contributed by atoms with Crippen molar-refractivity contribution in [2.24, 2.45) is 0 Å². The topological polar surface area (TPSA) is 47.6 Å². The van der Waals surface area contributed by atoms with Crippen LogP contribution >= 0.6 is 0 Å². The third-order valence-electron chi connectivity index (χ3n) is 4.40. The number of amides is 1. The number of benzene rings is 2. The lowest BCUT2D eigenvalue weighted by atomic mass is 10.2. The van der Waals surface area contributed by atoms with Gasteiger partial charge in [0.2, 0.25) is 0 Å². The number of carbonyl (C=O) groups excluding carboxylic acids is 1. The molecule has 4 nitrogen and oxygen atoms in total. The molecule has 0 bridgehead atoms. The monoisotopic (exact) mass is 339 g/mol. The minimum absolute atomic E-state index is 0.175. The number of hydrogen-bond donors (Lipinski definition) is 1. The Morgan fingerprint density at radius 3 is 2.48 bits per heavy atom. The molecular weight excluding hydrogens is 314 g/mol. The average molecular weight is 339 g/mol. The Hall–Kier alpha value is -2.49. The zero-order valence-electron chi connectivity index (χ0n) is 14.8. The van der Waals surface area contributed by atoms with E-state index in [-0.39, 0.29) is 5.91 Å². The zero-order valence-corrected chi connectivity index (χ0v) is 14.8. The largest absolute Gasteiger partial charge is 0.490 e. The highest BCUT2D eigenvalue weighted by Gasteiger charge is 2.17. The van der Waals surface area contributed by atoms with E-state index in [2.05, 4.69) is 5.32 Å². The van der Waals surface area contributed by atoms with Crippen molar-refractivity contribution >= 4 is 11.6 Å². The Morgan fingerprint density at radius 1 is 1.08 bits per heavy atom. The minimum atomic E-state index is -0.573. The molecule has 0 aliphatic heterocycles. The quantitative estimate of drug-likeness (QED) is 0.828. The number of anilines is 1. The summed E-state index contributed by atoms with van der Waals surface area (Å²) in [7, 11) is 0. The van der Waals surface area contributed by atoms with Crippen LogP contribution in [0.15, 0.2) is 48.5 Å². The van der Waals surface area contributed by atoms with Crippen LogP contribution in [0.2, 0.25) is 0 Å². The lowest BCUT2D eigenvalue weighted by Crippen LogP contribution is -2.30. The number of nitrogens with one attached hydrogen (secondary N) is 1. The molecule has 2 aromatic carbocycles. The van der Waals surface area contributed by atoms with Crippen molar-refractivity contribution in [3.8, 4) is 11.5 Å². The molecule has 1 saturated carbocycles. The predicted octanol–water partition coefficient (Wildman–Crippen LogP) is 4.72. The molecule has 0 heterocycles. The molecule has 1 atom stereocenters. The van der Waals surface area contributed by atoms with Crippen LogP contribution in [0.3, 0.4) is 0 Å². The summed E-state index contributed by atoms with van der Waals surface area (Å²) in [5, 5.41) is 2.88. The molecule has 1 amide bonds. The molecule has 0 saturated heterocycles. The van der Waals surface area contributed by atoms with Crippen molar-refractivity contribution < 1.29 is 14.3 Å². The summed E-state index contributed by atoms with van der Waals surface area (Å²) in [4.78, 5) is 12.3. The fourth-order valence-corrected chi connectivity index (χ4v) is 3.01. The van der Waals surface area contributed by atoms with E-state index in [4.69, 9.17) is 9.47 Å². The molecule has 0 unspecified atom stereocenters. The molecule has 2 aromatic rings. The molecule has 3 rings (SSSR count). The molecule has 4 heteroatoms. The molecule has 132 valence electrons. The van der Waals surface area contributed by atoms with Gasteiger partial charge < -0.3 is 14.8 Å². The van der Waals surface area contributed by atoms with E-state index in [9.17, 15) is 4.79 Å². The first-order valence-electron chi connectivity index (χ1n) is 8.91. The Balaban J connectivity index is 1.53. The molecular formula is C21H25NO3. The summed E-state index contributed by atoms with van der Waals surface area (Å²) in [6.07, 6.45) is 4.52. The van der Waals surface area contributed by atoms with Gasteiger partial charge in [0.1, 0.15) is 11.5 Å². The van der Waals surface area contributed by atoms with Crippen LogP contribution in [0.5, 0.6) is 11.5 Å². The maximum Gasteiger partial charge on any atom is 0.265 e. The molecule has 1 aliphatic carbocycles. The number of ether oxygens (including phenoxy) is 2. The Kier molecular flexibility index (Phi) is 5.59. The van der Waals surface area contributed by atoms with Crippen LogP contribution in [-0.2, 0) is 4.79 Å². The normalized spacial score (nSPS) is 15.6. The Bertz CT molecular complexity index is 705. The zero-order chi connectivity index (χ0) is 17.6. The van der Waals surface area contributed by atoms with Crippen molar-refractivity contribution in [3.63, 3.8) is 0 Å². The van der Waals surface area contributed by atoms with Crippen molar-refractivity contribution in [3.05, 3.63) is 54.1 Å². The third kappa shape index (κ3) is 4.99. The molecule has 0 aromatic heterocycles. The van der Waals surface area contributed by atoms with Crippen molar-refractivity contribution in [1.29, 1.82) is 0 Å². The number of hydrogen-bond acceptors (Lipinski definition) is 3. The fourth-order valence-electron chi connectivity index (χ4n) is 3.01. The van der Waals surface area contributed by atoms with Crippen LogP contribution in [0.25, 0.3) is 0 Å². The van der Waals surface area contributed by atoms with Gasteiger partial charge in [0, 0.05) is 5.69 Å². The van der Waals surface area contributed by atoms with Crippen LogP contribution in [0, 0.1) is 6.92 Å². The smallest absolute Gasteiger partial charge is 0.265 e. The van der Waals surface area contributed by atoms with E-state index in [1.807, 2.05) is 55.5 Å². The van der Waals surface area contributed by atoms with Crippen molar-refractivity contribution in [2.45, 2.75) is 51.7 Å². The van der Waals surface area contributed by atoms with E-state index in [0.717, 1.165) is 29.8 Å². The summed E-state index contributed by atoms with van der Waals surface area (Å²) in [5.74, 6) is 1.38. The van der Waals surface area contributed by atoms with Crippen molar-refractivity contribution in [2.75, 3.05) is 5.32 Å². The van der Waals surface area contributed by atoms with Crippen LogP contribution in [0.1, 0.15) is 38.2 Å². The van der Waals surface area contributed by atoms with Crippen molar-refractivity contribution in [1.82, 2.24) is 0 Å². The maximum absolute atomic E-state index is 12.3. The predicted molar refractivity (Wildman–Crippen MR) is 99.2 cm³/mol. The van der Waals surface area contributed by atoms with Gasteiger partial charge in [0.15, 0.2) is 6.10 Å². The van der Waals surface area contributed by atoms with Gasteiger partial charge in [-0.25, -0.2) is 0 Å². The van der Waals surface area contributed by atoms with Crippen LogP contribution in [-0.4, -0.2) is 18.1 Å². The third-order valence-corrected chi connectivity index (χ3v) is 4.40. The van der Waals surface area contributed by atoms with E-state index in [1.165, 1.54) is 12.8 Å². The fraction of sp³-hybridized carbons (Fsp3) is 0.381. The first-order valence-corrected chi connectivity index (χ1v) is 8.91. The van der Waals surface area contributed by atoms with Gasteiger partial charge >= 0.3 is 0 Å². The maximum atomic E-state index is 12.3. The highest BCUT2D eigenvalue weighted by Crippen LogP contribution is 2.25. The van der Waals surface area contributed by atoms with Gasteiger partial charge in [-0.3, -0.25) is 4.79 Å². The lowest BCUT2D eigenvalue weighted by Gasteiger charge is -2.16. The number of rotatable bonds is 6. The summed E-state index contributed by atoms with van der Waals surface area (Å²) < 4.78 is 11.6. The Labute approximate surface area is 149 Å². The summed E-state index contributed by atoms with van der Waals surface area (Å²) in [5.41, 5.74) is 1.84. The number of aryl methyl sites for hydroxylation is 1. The van der Waals surface area contributed by atoms with Crippen LogP contribution < -0.4 is 14.8 Å². The van der Waals surface area contributed by atoms with Gasteiger partial charge in [0.05, 0.1) is 6.10 Å². The lowest BCUT2D eigenvalue weighted by molar-refractivity contribution is -0.122. The molecule has 1 fully saturated rings. The molecule has 25 heavy (non-hydrogen) atoms. The highest BCUT2D eigenvalue weighted by molar-refractivity contribution is 5.94. The average Bonchev–Trinajstić information content (AvgIpc) is 3.09. The first-order chi connectivity index (χ1) is 12.1.